The second-order valence-corrected chi connectivity index (χ2v) is 7.35. The van der Waals surface area contributed by atoms with Crippen LogP contribution >= 0.6 is 0 Å². The molecule has 2 rings (SSSR count). The zero-order chi connectivity index (χ0) is 19.2. The average molecular weight is 353 g/mol. The molecule has 0 unspecified atom stereocenters. The Morgan fingerprint density at radius 1 is 1.00 bits per heavy atom. The standard InChI is InChI=1S/C21H27N3O2/c1-5-6-11-23-19(25)15-12-16(14-22-13-15)20(26)24-18-9-7-17(8-10-18)21(2,3)4/h7-10,12-14H,5-6,11H2,1-4H3,(H,23,25)(H,24,26). The summed E-state index contributed by atoms with van der Waals surface area (Å²) in [7, 11) is 0. The molecular formula is C21H27N3O2. The van der Waals surface area contributed by atoms with E-state index in [0.717, 1.165) is 12.8 Å². The maximum atomic E-state index is 12.4. The summed E-state index contributed by atoms with van der Waals surface area (Å²) < 4.78 is 0. The van der Waals surface area contributed by atoms with Crippen molar-refractivity contribution in [2.75, 3.05) is 11.9 Å². The summed E-state index contributed by atoms with van der Waals surface area (Å²) >= 11 is 0. The van der Waals surface area contributed by atoms with E-state index in [2.05, 4.69) is 43.3 Å². The summed E-state index contributed by atoms with van der Waals surface area (Å²) in [6.07, 6.45) is 4.86. The van der Waals surface area contributed by atoms with Gasteiger partial charge in [0.25, 0.3) is 11.8 Å². The van der Waals surface area contributed by atoms with Crippen LogP contribution in [0.25, 0.3) is 0 Å². The number of rotatable bonds is 6. The third-order valence-electron chi connectivity index (χ3n) is 4.09. The third kappa shape index (κ3) is 5.41. The van der Waals surface area contributed by atoms with E-state index in [1.54, 1.807) is 6.07 Å². The second kappa shape index (κ2) is 8.61. The topological polar surface area (TPSA) is 71.1 Å². The highest BCUT2D eigenvalue weighted by molar-refractivity contribution is 6.05. The van der Waals surface area contributed by atoms with E-state index in [0.29, 0.717) is 23.4 Å². The smallest absolute Gasteiger partial charge is 0.257 e. The monoisotopic (exact) mass is 353 g/mol. The van der Waals surface area contributed by atoms with Crippen LogP contribution in [0.15, 0.2) is 42.7 Å². The lowest BCUT2D eigenvalue weighted by Crippen LogP contribution is -2.25. The van der Waals surface area contributed by atoms with Crippen LogP contribution < -0.4 is 10.6 Å². The Labute approximate surface area is 155 Å². The Kier molecular flexibility index (Phi) is 6.50. The molecule has 0 bridgehead atoms. The zero-order valence-electron chi connectivity index (χ0n) is 15.9. The van der Waals surface area contributed by atoms with Gasteiger partial charge in [-0.1, -0.05) is 46.2 Å². The Morgan fingerprint density at radius 2 is 1.62 bits per heavy atom. The van der Waals surface area contributed by atoms with Gasteiger partial charge in [-0.05, 0) is 35.6 Å². The number of pyridine rings is 1. The zero-order valence-corrected chi connectivity index (χ0v) is 15.9. The maximum Gasteiger partial charge on any atom is 0.257 e. The van der Waals surface area contributed by atoms with Gasteiger partial charge in [0.1, 0.15) is 0 Å². The van der Waals surface area contributed by atoms with Crippen molar-refractivity contribution in [3.8, 4) is 0 Å². The molecule has 0 aliphatic carbocycles. The molecule has 0 atom stereocenters. The molecule has 1 heterocycles. The van der Waals surface area contributed by atoms with Gasteiger partial charge in [0, 0.05) is 24.6 Å². The van der Waals surface area contributed by atoms with Crippen LogP contribution in [0.5, 0.6) is 0 Å². The molecule has 138 valence electrons. The molecule has 2 aromatic rings. The minimum Gasteiger partial charge on any atom is -0.352 e. The van der Waals surface area contributed by atoms with Gasteiger partial charge in [-0.3, -0.25) is 14.6 Å². The summed E-state index contributed by atoms with van der Waals surface area (Å²) in [5.74, 6) is -0.501. The summed E-state index contributed by atoms with van der Waals surface area (Å²) in [6, 6.07) is 9.34. The molecule has 2 amide bonds. The number of aromatic nitrogens is 1. The first kappa shape index (κ1) is 19.6. The van der Waals surface area contributed by atoms with Gasteiger partial charge in [0.2, 0.25) is 0 Å². The largest absolute Gasteiger partial charge is 0.352 e. The van der Waals surface area contributed by atoms with Crippen molar-refractivity contribution < 1.29 is 9.59 Å². The van der Waals surface area contributed by atoms with Crippen LogP contribution in [0.4, 0.5) is 5.69 Å². The molecule has 0 fully saturated rings. The molecule has 1 aromatic carbocycles. The van der Waals surface area contributed by atoms with E-state index < -0.39 is 0 Å². The Balaban J connectivity index is 2.05. The molecule has 5 nitrogen and oxygen atoms in total. The first-order valence-corrected chi connectivity index (χ1v) is 8.96. The number of unbranched alkanes of at least 4 members (excludes halogenated alkanes) is 1. The highest BCUT2D eigenvalue weighted by Gasteiger charge is 2.14. The van der Waals surface area contributed by atoms with E-state index in [1.807, 2.05) is 24.3 Å². The SMILES string of the molecule is CCCCNC(=O)c1cncc(C(=O)Nc2ccc(C(C)(C)C)cc2)c1. The van der Waals surface area contributed by atoms with Gasteiger partial charge >= 0.3 is 0 Å². The van der Waals surface area contributed by atoms with Crippen molar-refractivity contribution in [3.05, 3.63) is 59.4 Å². The van der Waals surface area contributed by atoms with Crippen LogP contribution in [0.3, 0.4) is 0 Å². The summed E-state index contributed by atoms with van der Waals surface area (Å²) in [5.41, 5.74) is 2.71. The van der Waals surface area contributed by atoms with Gasteiger partial charge in [-0.25, -0.2) is 0 Å². The Morgan fingerprint density at radius 3 is 2.19 bits per heavy atom. The van der Waals surface area contributed by atoms with Crippen LogP contribution in [0.1, 0.15) is 66.8 Å². The maximum absolute atomic E-state index is 12.4. The normalized spacial score (nSPS) is 11.1. The average Bonchev–Trinajstić information content (AvgIpc) is 2.61. The first-order valence-electron chi connectivity index (χ1n) is 8.96. The molecule has 0 aliphatic heterocycles. The van der Waals surface area contributed by atoms with Crippen molar-refractivity contribution in [1.82, 2.24) is 10.3 Å². The summed E-state index contributed by atoms with van der Waals surface area (Å²) in [4.78, 5) is 28.6. The molecular weight excluding hydrogens is 326 g/mol. The second-order valence-electron chi connectivity index (χ2n) is 7.35. The van der Waals surface area contributed by atoms with Crippen molar-refractivity contribution in [3.63, 3.8) is 0 Å². The van der Waals surface area contributed by atoms with Crippen LogP contribution in [0, 0.1) is 0 Å². The number of benzene rings is 1. The lowest BCUT2D eigenvalue weighted by Gasteiger charge is -2.19. The number of amides is 2. The number of carbonyl (C=O) groups is 2. The molecule has 5 heteroatoms. The molecule has 0 aliphatic rings. The number of hydrogen-bond donors (Lipinski definition) is 2. The van der Waals surface area contributed by atoms with E-state index in [4.69, 9.17) is 0 Å². The molecule has 26 heavy (non-hydrogen) atoms. The fraction of sp³-hybridized carbons (Fsp3) is 0.381. The summed E-state index contributed by atoms with van der Waals surface area (Å²) in [6.45, 7) is 9.11. The number of nitrogens with one attached hydrogen (secondary N) is 2. The molecule has 0 saturated heterocycles. The van der Waals surface area contributed by atoms with Gasteiger partial charge < -0.3 is 10.6 Å². The number of nitrogens with zero attached hydrogens (tertiary/aromatic N) is 1. The molecule has 1 aromatic heterocycles. The quantitative estimate of drug-likeness (QED) is 0.766. The number of carbonyl (C=O) groups excluding carboxylic acids is 2. The number of hydrogen-bond acceptors (Lipinski definition) is 3. The van der Waals surface area contributed by atoms with Gasteiger partial charge in [0.15, 0.2) is 0 Å². The van der Waals surface area contributed by atoms with Crippen molar-refractivity contribution in [1.29, 1.82) is 0 Å². The highest BCUT2D eigenvalue weighted by Crippen LogP contribution is 2.23. The van der Waals surface area contributed by atoms with E-state index >= 15 is 0 Å². The van der Waals surface area contributed by atoms with E-state index in [-0.39, 0.29) is 17.2 Å². The fourth-order valence-corrected chi connectivity index (χ4v) is 2.43. The Hall–Kier alpha value is -2.69. The third-order valence-corrected chi connectivity index (χ3v) is 4.09. The van der Waals surface area contributed by atoms with Crippen molar-refractivity contribution >= 4 is 17.5 Å². The number of anilines is 1. The fourth-order valence-electron chi connectivity index (χ4n) is 2.43. The predicted molar refractivity (Wildman–Crippen MR) is 105 cm³/mol. The first-order chi connectivity index (χ1) is 12.3. The van der Waals surface area contributed by atoms with Crippen molar-refractivity contribution in [2.24, 2.45) is 0 Å². The minimum atomic E-state index is -0.288. The van der Waals surface area contributed by atoms with Gasteiger partial charge in [-0.15, -0.1) is 0 Å². The molecule has 0 spiro atoms. The highest BCUT2D eigenvalue weighted by atomic mass is 16.2. The Bertz CT molecular complexity index is 762. The predicted octanol–water partition coefficient (Wildman–Crippen LogP) is 4.16. The summed E-state index contributed by atoms with van der Waals surface area (Å²) in [5, 5.41) is 5.67. The van der Waals surface area contributed by atoms with Gasteiger partial charge in [-0.2, -0.15) is 0 Å². The van der Waals surface area contributed by atoms with Gasteiger partial charge in [0.05, 0.1) is 11.1 Å². The van der Waals surface area contributed by atoms with Crippen LogP contribution in [0.2, 0.25) is 0 Å². The minimum absolute atomic E-state index is 0.0614. The lowest BCUT2D eigenvalue weighted by atomic mass is 9.87. The van der Waals surface area contributed by atoms with Crippen molar-refractivity contribution in [2.45, 2.75) is 46.0 Å². The van der Waals surface area contributed by atoms with E-state index in [9.17, 15) is 9.59 Å². The molecule has 2 N–H and O–H groups in total. The van der Waals surface area contributed by atoms with E-state index in [1.165, 1.54) is 18.0 Å². The van der Waals surface area contributed by atoms with Crippen LogP contribution in [-0.2, 0) is 5.41 Å². The molecule has 0 radical (unpaired) electrons. The van der Waals surface area contributed by atoms with Crippen LogP contribution in [-0.4, -0.2) is 23.3 Å². The lowest BCUT2D eigenvalue weighted by molar-refractivity contribution is 0.0953. The molecule has 0 saturated carbocycles.